The molecule has 0 spiro atoms. The van der Waals surface area contributed by atoms with Gasteiger partial charge in [-0.2, -0.15) is 0 Å². The standard InChI is InChI=1S/C38H47FN4O5/c1-25-32(35(36(44)45)48-37(2,3)4)34(43-18-16-38(5,6)17-19-43)33(31(42-25)22-40-21-29-23-46-24-41-29)27-9-13-30(14-10-27)47-20-15-26-7-11-28(39)12-8-26/h7-14,23-24,35,40H,15-22H2,1-6H3,(H,44,45). The first-order valence-corrected chi connectivity index (χ1v) is 16.5. The number of pyridine rings is 1. The zero-order valence-electron chi connectivity index (χ0n) is 28.8. The lowest BCUT2D eigenvalue weighted by Gasteiger charge is -2.41. The number of nitrogens with zero attached hydrogens (tertiary/aromatic N) is 3. The summed E-state index contributed by atoms with van der Waals surface area (Å²) in [7, 11) is 0. The quantitative estimate of drug-likeness (QED) is 0.150. The largest absolute Gasteiger partial charge is 0.493 e. The number of aromatic nitrogens is 2. The molecule has 0 radical (unpaired) electrons. The molecular formula is C38H47FN4O5. The number of ether oxygens (including phenoxy) is 2. The second kappa shape index (κ2) is 14.9. The number of carboxylic acid groups (broad SMARTS) is 1. The highest BCUT2D eigenvalue weighted by molar-refractivity contribution is 5.88. The minimum atomic E-state index is -1.22. The lowest BCUT2D eigenvalue weighted by Crippen LogP contribution is -2.39. The highest BCUT2D eigenvalue weighted by atomic mass is 19.1. The van der Waals surface area contributed by atoms with Gasteiger partial charge in [-0.05, 0) is 81.3 Å². The summed E-state index contributed by atoms with van der Waals surface area (Å²) < 4.78 is 30.8. The average Bonchev–Trinajstić information content (AvgIpc) is 3.55. The van der Waals surface area contributed by atoms with E-state index in [4.69, 9.17) is 18.9 Å². The van der Waals surface area contributed by atoms with E-state index < -0.39 is 17.7 Å². The summed E-state index contributed by atoms with van der Waals surface area (Å²) in [4.78, 5) is 24.5. The van der Waals surface area contributed by atoms with Crippen LogP contribution in [0.25, 0.3) is 11.1 Å². The number of hydrogen-bond acceptors (Lipinski definition) is 8. The molecule has 48 heavy (non-hydrogen) atoms. The van der Waals surface area contributed by atoms with Crippen LogP contribution in [0.15, 0.2) is 65.6 Å². The van der Waals surface area contributed by atoms with E-state index in [0.29, 0.717) is 43.1 Å². The number of anilines is 1. The Bertz CT molecular complexity index is 1660. The molecule has 2 N–H and O–H groups in total. The lowest BCUT2D eigenvalue weighted by atomic mass is 9.81. The van der Waals surface area contributed by atoms with Crippen molar-refractivity contribution < 1.29 is 28.2 Å². The van der Waals surface area contributed by atoms with E-state index in [0.717, 1.165) is 59.7 Å². The summed E-state index contributed by atoms with van der Waals surface area (Å²) >= 11 is 0. The van der Waals surface area contributed by atoms with E-state index in [1.807, 2.05) is 52.0 Å². The molecule has 1 saturated heterocycles. The van der Waals surface area contributed by atoms with Gasteiger partial charge < -0.3 is 29.2 Å². The zero-order valence-corrected chi connectivity index (χ0v) is 28.8. The predicted octanol–water partition coefficient (Wildman–Crippen LogP) is 7.66. The summed E-state index contributed by atoms with van der Waals surface area (Å²) in [5.74, 6) is -0.613. The minimum Gasteiger partial charge on any atom is -0.493 e. The highest BCUT2D eigenvalue weighted by Crippen LogP contribution is 2.45. The van der Waals surface area contributed by atoms with Crippen molar-refractivity contribution >= 4 is 11.7 Å². The molecule has 1 unspecified atom stereocenters. The maximum absolute atomic E-state index is 13.3. The fourth-order valence-corrected chi connectivity index (χ4v) is 6.05. The fraction of sp³-hybridized carbons (Fsp3) is 0.447. The Balaban J connectivity index is 1.56. The van der Waals surface area contributed by atoms with Crippen LogP contribution in [-0.4, -0.2) is 46.3 Å². The Morgan fingerprint density at radius 3 is 2.38 bits per heavy atom. The second-order valence-electron chi connectivity index (χ2n) is 14.2. The molecule has 0 saturated carbocycles. The third kappa shape index (κ3) is 8.99. The molecule has 1 fully saturated rings. The number of carboxylic acids is 1. The number of carbonyl (C=O) groups is 1. The summed E-state index contributed by atoms with van der Waals surface area (Å²) in [6.07, 6.45) is 4.37. The topological polar surface area (TPSA) is 110 Å². The SMILES string of the molecule is Cc1nc(CNCc2cocn2)c(-c2ccc(OCCc3ccc(F)cc3)cc2)c(N2CCC(C)(C)CC2)c1C(OC(C)(C)C)C(=O)O. The molecule has 4 aromatic rings. The van der Waals surface area contributed by atoms with Gasteiger partial charge in [0, 0.05) is 49.4 Å². The molecule has 2 aromatic heterocycles. The van der Waals surface area contributed by atoms with Crippen LogP contribution in [0.1, 0.15) is 81.8 Å². The maximum atomic E-state index is 13.3. The molecule has 5 rings (SSSR count). The van der Waals surface area contributed by atoms with E-state index in [-0.39, 0.29) is 11.2 Å². The summed E-state index contributed by atoms with van der Waals surface area (Å²) in [6.45, 7) is 14.9. The van der Waals surface area contributed by atoms with Crippen molar-refractivity contribution in [1.29, 1.82) is 0 Å². The normalized spacial score (nSPS) is 15.4. The summed E-state index contributed by atoms with van der Waals surface area (Å²) in [5.41, 5.74) is 5.84. The van der Waals surface area contributed by atoms with Crippen LogP contribution in [0.5, 0.6) is 5.75 Å². The fourth-order valence-electron chi connectivity index (χ4n) is 6.05. The molecule has 256 valence electrons. The van der Waals surface area contributed by atoms with Crippen LogP contribution < -0.4 is 15.0 Å². The van der Waals surface area contributed by atoms with Gasteiger partial charge in [0.1, 0.15) is 17.8 Å². The van der Waals surface area contributed by atoms with Crippen molar-refractivity contribution in [1.82, 2.24) is 15.3 Å². The first kappa shape index (κ1) is 35.0. The highest BCUT2D eigenvalue weighted by Gasteiger charge is 2.37. The molecule has 0 aliphatic carbocycles. The molecule has 10 heteroatoms. The van der Waals surface area contributed by atoms with Gasteiger partial charge in [-0.15, -0.1) is 0 Å². The smallest absolute Gasteiger partial charge is 0.337 e. The number of aliphatic carboxylic acids is 1. The Morgan fingerprint density at radius 1 is 1.08 bits per heavy atom. The van der Waals surface area contributed by atoms with Crippen LogP contribution in [0.3, 0.4) is 0 Å². The molecule has 1 aliphatic rings. The molecule has 1 aliphatic heterocycles. The van der Waals surface area contributed by atoms with Crippen molar-refractivity contribution in [2.24, 2.45) is 5.41 Å². The summed E-state index contributed by atoms with van der Waals surface area (Å²) in [6, 6.07) is 14.3. The monoisotopic (exact) mass is 658 g/mol. The first-order valence-electron chi connectivity index (χ1n) is 16.5. The van der Waals surface area contributed by atoms with Crippen molar-refractivity contribution in [3.63, 3.8) is 0 Å². The molecule has 9 nitrogen and oxygen atoms in total. The maximum Gasteiger partial charge on any atom is 0.337 e. The van der Waals surface area contributed by atoms with Gasteiger partial charge in [0.05, 0.1) is 29.3 Å². The van der Waals surface area contributed by atoms with E-state index in [1.54, 1.807) is 18.4 Å². The van der Waals surface area contributed by atoms with Crippen LogP contribution in [-0.2, 0) is 29.0 Å². The Hall–Kier alpha value is -4.28. The molecular weight excluding hydrogens is 611 g/mol. The van der Waals surface area contributed by atoms with Gasteiger partial charge >= 0.3 is 5.97 Å². The second-order valence-corrected chi connectivity index (χ2v) is 14.2. The van der Waals surface area contributed by atoms with E-state index >= 15 is 0 Å². The van der Waals surface area contributed by atoms with Gasteiger partial charge in [0.15, 0.2) is 12.5 Å². The molecule has 2 aromatic carbocycles. The number of halogens is 1. The molecule has 0 bridgehead atoms. The Labute approximate surface area is 282 Å². The van der Waals surface area contributed by atoms with E-state index in [2.05, 4.69) is 29.0 Å². The zero-order chi connectivity index (χ0) is 34.5. The first-order chi connectivity index (χ1) is 22.8. The van der Waals surface area contributed by atoms with Gasteiger partial charge in [-0.3, -0.25) is 4.98 Å². The van der Waals surface area contributed by atoms with Crippen molar-refractivity contribution in [2.75, 3.05) is 24.6 Å². The van der Waals surface area contributed by atoms with E-state index in [9.17, 15) is 14.3 Å². The van der Waals surface area contributed by atoms with Gasteiger partial charge in [-0.1, -0.05) is 38.1 Å². The molecule has 1 atom stereocenters. The van der Waals surface area contributed by atoms with Crippen LogP contribution >= 0.6 is 0 Å². The number of piperidine rings is 1. The number of oxazole rings is 1. The van der Waals surface area contributed by atoms with Crippen LogP contribution in [0.4, 0.5) is 10.1 Å². The van der Waals surface area contributed by atoms with Gasteiger partial charge in [0.25, 0.3) is 0 Å². The predicted molar refractivity (Wildman–Crippen MR) is 183 cm³/mol. The van der Waals surface area contributed by atoms with Gasteiger partial charge in [0.2, 0.25) is 0 Å². The number of nitrogens with one attached hydrogen (secondary N) is 1. The Morgan fingerprint density at radius 2 is 1.77 bits per heavy atom. The van der Waals surface area contributed by atoms with Gasteiger partial charge in [-0.25, -0.2) is 14.2 Å². The number of hydrogen-bond donors (Lipinski definition) is 2. The average molecular weight is 659 g/mol. The molecule has 0 amide bonds. The van der Waals surface area contributed by atoms with Crippen molar-refractivity contribution in [3.05, 3.63) is 95.2 Å². The number of rotatable bonds is 13. The third-order valence-corrected chi connectivity index (χ3v) is 8.66. The minimum absolute atomic E-state index is 0.182. The summed E-state index contributed by atoms with van der Waals surface area (Å²) in [5, 5.41) is 14.0. The van der Waals surface area contributed by atoms with Crippen LogP contribution in [0, 0.1) is 18.2 Å². The lowest BCUT2D eigenvalue weighted by molar-refractivity contribution is -0.160. The van der Waals surface area contributed by atoms with Crippen molar-refractivity contribution in [3.8, 4) is 16.9 Å². The number of aryl methyl sites for hydroxylation is 1. The van der Waals surface area contributed by atoms with Crippen LogP contribution in [0.2, 0.25) is 0 Å². The van der Waals surface area contributed by atoms with E-state index in [1.165, 1.54) is 18.5 Å². The third-order valence-electron chi connectivity index (χ3n) is 8.66. The van der Waals surface area contributed by atoms with Crippen molar-refractivity contribution in [2.45, 2.75) is 85.6 Å². The Kier molecular flexibility index (Phi) is 10.9. The number of benzene rings is 2. The molecule has 3 heterocycles.